The molecule has 2 saturated heterocycles. The second kappa shape index (κ2) is 3.36. The van der Waals surface area contributed by atoms with Gasteiger partial charge in [-0.25, -0.2) is 0 Å². The Labute approximate surface area is 72.9 Å². The predicted molar refractivity (Wildman–Crippen MR) is 49.0 cm³/mol. The number of rotatable bonds is 0. The van der Waals surface area contributed by atoms with Gasteiger partial charge in [0.1, 0.15) is 0 Å². The van der Waals surface area contributed by atoms with Crippen molar-refractivity contribution in [1.82, 2.24) is 0 Å². The van der Waals surface area contributed by atoms with E-state index in [9.17, 15) is 0 Å². The monoisotopic (exact) mass is 172 g/mol. The molecular weight excluding hydrogens is 156 g/mol. The first kappa shape index (κ1) is 7.93. The van der Waals surface area contributed by atoms with Crippen LogP contribution in [0.25, 0.3) is 0 Å². The second-order valence-corrected chi connectivity index (χ2v) is 4.99. The SMILES string of the molecule is C1CSCCC2(C1)CCOC2. The Morgan fingerprint density at radius 3 is 2.91 bits per heavy atom. The Balaban J connectivity index is 1.97. The molecular formula is C9H16OS. The summed E-state index contributed by atoms with van der Waals surface area (Å²) in [6.07, 6.45) is 5.55. The maximum Gasteiger partial charge on any atom is 0.0523 e. The summed E-state index contributed by atoms with van der Waals surface area (Å²) in [5.41, 5.74) is 0.615. The van der Waals surface area contributed by atoms with E-state index in [0.29, 0.717) is 5.41 Å². The van der Waals surface area contributed by atoms with Gasteiger partial charge in [-0.2, -0.15) is 11.8 Å². The highest BCUT2D eigenvalue weighted by Gasteiger charge is 2.34. The van der Waals surface area contributed by atoms with Gasteiger partial charge < -0.3 is 4.74 Å². The van der Waals surface area contributed by atoms with Gasteiger partial charge in [0.15, 0.2) is 0 Å². The Bertz CT molecular complexity index is 120. The van der Waals surface area contributed by atoms with Crippen LogP contribution >= 0.6 is 11.8 Å². The third-order valence-corrected chi connectivity index (χ3v) is 4.03. The molecule has 2 aliphatic heterocycles. The molecule has 2 rings (SSSR count). The highest BCUT2D eigenvalue weighted by molar-refractivity contribution is 7.99. The Kier molecular flexibility index (Phi) is 2.42. The van der Waals surface area contributed by atoms with Crippen molar-refractivity contribution in [3.63, 3.8) is 0 Å². The number of ether oxygens (including phenoxy) is 1. The van der Waals surface area contributed by atoms with Crippen molar-refractivity contribution in [3.8, 4) is 0 Å². The molecule has 2 fully saturated rings. The van der Waals surface area contributed by atoms with E-state index in [-0.39, 0.29) is 0 Å². The average molecular weight is 172 g/mol. The molecule has 11 heavy (non-hydrogen) atoms. The third kappa shape index (κ3) is 1.73. The number of hydrogen-bond donors (Lipinski definition) is 0. The van der Waals surface area contributed by atoms with Crippen molar-refractivity contribution >= 4 is 11.8 Å². The van der Waals surface area contributed by atoms with E-state index in [0.717, 1.165) is 13.2 Å². The Morgan fingerprint density at radius 2 is 2.09 bits per heavy atom. The van der Waals surface area contributed by atoms with Gasteiger partial charge in [-0.1, -0.05) is 0 Å². The predicted octanol–water partition coefficient (Wildman–Crippen LogP) is 2.31. The standard InChI is InChI=1S/C9H16OS/c1-2-9(3-5-10-8-9)4-7-11-6-1/h1-8H2. The molecule has 0 aromatic rings. The van der Waals surface area contributed by atoms with Gasteiger partial charge in [-0.15, -0.1) is 0 Å². The highest BCUT2D eigenvalue weighted by Crippen LogP contribution is 2.40. The van der Waals surface area contributed by atoms with Crippen molar-refractivity contribution in [3.05, 3.63) is 0 Å². The first-order valence-corrected chi connectivity index (χ1v) is 5.72. The van der Waals surface area contributed by atoms with Gasteiger partial charge in [-0.3, -0.25) is 0 Å². The minimum absolute atomic E-state index is 0.615. The molecule has 2 heteroatoms. The molecule has 64 valence electrons. The number of hydrogen-bond acceptors (Lipinski definition) is 2. The molecule has 0 amide bonds. The molecule has 1 spiro atoms. The van der Waals surface area contributed by atoms with E-state index in [4.69, 9.17) is 4.74 Å². The molecule has 2 heterocycles. The lowest BCUT2D eigenvalue weighted by Gasteiger charge is -2.24. The topological polar surface area (TPSA) is 9.23 Å². The number of thioether (sulfide) groups is 1. The van der Waals surface area contributed by atoms with Gasteiger partial charge in [0.05, 0.1) is 6.61 Å². The summed E-state index contributed by atoms with van der Waals surface area (Å²) in [6.45, 7) is 2.07. The van der Waals surface area contributed by atoms with Crippen LogP contribution in [0.2, 0.25) is 0 Å². The molecule has 0 saturated carbocycles. The molecule has 0 bridgehead atoms. The normalized spacial score (nSPS) is 39.3. The van der Waals surface area contributed by atoms with Crippen LogP contribution < -0.4 is 0 Å². The minimum Gasteiger partial charge on any atom is -0.381 e. The highest BCUT2D eigenvalue weighted by atomic mass is 32.2. The Morgan fingerprint density at radius 1 is 1.09 bits per heavy atom. The molecule has 0 radical (unpaired) electrons. The molecule has 1 atom stereocenters. The van der Waals surface area contributed by atoms with Gasteiger partial charge in [0, 0.05) is 6.61 Å². The van der Waals surface area contributed by atoms with Gasteiger partial charge in [0.25, 0.3) is 0 Å². The molecule has 0 aliphatic carbocycles. The van der Waals surface area contributed by atoms with Crippen molar-refractivity contribution in [2.75, 3.05) is 24.7 Å². The largest absolute Gasteiger partial charge is 0.381 e. The quantitative estimate of drug-likeness (QED) is 0.554. The van der Waals surface area contributed by atoms with Gasteiger partial charge in [-0.05, 0) is 42.6 Å². The van der Waals surface area contributed by atoms with Crippen molar-refractivity contribution < 1.29 is 4.74 Å². The lowest BCUT2D eigenvalue weighted by molar-refractivity contribution is 0.144. The van der Waals surface area contributed by atoms with E-state index in [2.05, 4.69) is 11.8 Å². The second-order valence-electron chi connectivity index (χ2n) is 3.77. The van der Waals surface area contributed by atoms with Gasteiger partial charge in [0.2, 0.25) is 0 Å². The van der Waals surface area contributed by atoms with E-state index < -0.39 is 0 Å². The lowest BCUT2D eigenvalue weighted by atomic mass is 9.80. The van der Waals surface area contributed by atoms with E-state index >= 15 is 0 Å². The maximum atomic E-state index is 5.48. The van der Waals surface area contributed by atoms with E-state index in [1.807, 2.05) is 0 Å². The van der Waals surface area contributed by atoms with Crippen LogP contribution in [0.4, 0.5) is 0 Å². The van der Waals surface area contributed by atoms with Crippen molar-refractivity contribution in [2.24, 2.45) is 5.41 Å². The van der Waals surface area contributed by atoms with Gasteiger partial charge >= 0.3 is 0 Å². The van der Waals surface area contributed by atoms with Crippen LogP contribution in [0.1, 0.15) is 25.7 Å². The minimum atomic E-state index is 0.615. The first-order valence-electron chi connectivity index (χ1n) is 4.57. The van der Waals surface area contributed by atoms with Crippen LogP contribution in [0.3, 0.4) is 0 Å². The molecule has 0 aromatic carbocycles. The van der Waals surface area contributed by atoms with Crippen molar-refractivity contribution in [2.45, 2.75) is 25.7 Å². The zero-order valence-corrected chi connectivity index (χ0v) is 7.79. The van der Waals surface area contributed by atoms with Crippen LogP contribution in [0.15, 0.2) is 0 Å². The molecule has 2 aliphatic rings. The molecule has 0 aromatic heterocycles. The summed E-state index contributed by atoms with van der Waals surface area (Å²) in [4.78, 5) is 0. The summed E-state index contributed by atoms with van der Waals surface area (Å²) in [7, 11) is 0. The molecule has 1 unspecified atom stereocenters. The maximum absolute atomic E-state index is 5.48. The summed E-state index contributed by atoms with van der Waals surface area (Å²) in [5, 5.41) is 0. The van der Waals surface area contributed by atoms with Crippen LogP contribution in [0, 0.1) is 5.41 Å². The summed E-state index contributed by atoms with van der Waals surface area (Å²) >= 11 is 2.12. The molecule has 1 nitrogen and oxygen atoms in total. The first-order chi connectivity index (χ1) is 5.41. The Hall–Kier alpha value is 0.310. The zero-order chi connectivity index (χ0) is 7.57. The fourth-order valence-electron chi connectivity index (χ4n) is 2.11. The smallest absolute Gasteiger partial charge is 0.0523 e. The third-order valence-electron chi connectivity index (χ3n) is 2.96. The molecule has 0 N–H and O–H groups in total. The zero-order valence-electron chi connectivity index (χ0n) is 6.97. The van der Waals surface area contributed by atoms with E-state index in [1.165, 1.54) is 37.2 Å². The van der Waals surface area contributed by atoms with Crippen molar-refractivity contribution in [1.29, 1.82) is 0 Å². The fourth-order valence-corrected chi connectivity index (χ4v) is 3.24. The fraction of sp³-hybridized carbons (Fsp3) is 1.00. The van der Waals surface area contributed by atoms with E-state index in [1.54, 1.807) is 0 Å². The van der Waals surface area contributed by atoms with Crippen LogP contribution in [-0.2, 0) is 4.74 Å². The average Bonchev–Trinajstić information content (AvgIpc) is 2.32. The summed E-state index contributed by atoms with van der Waals surface area (Å²) in [5.74, 6) is 2.74. The van der Waals surface area contributed by atoms with Crippen LogP contribution in [-0.4, -0.2) is 24.7 Å². The summed E-state index contributed by atoms with van der Waals surface area (Å²) in [6, 6.07) is 0. The lowest BCUT2D eigenvalue weighted by Crippen LogP contribution is -2.20. The summed E-state index contributed by atoms with van der Waals surface area (Å²) < 4.78 is 5.48. The van der Waals surface area contributed by atoms with Crippen LogP contribution in [0.5, 0.6) is 0 Å².